The molecule has 3 heterocycles. The van der Waals surface area contributed by atoms with Gasteiger partial charge in [0.15, 0.2) is 0 Å². The van der Waals surface area contributed by atoms with Crippen LogP contribution in [0.3, 0.4) is 0 Å². The zero-order valence-corrected chi connectivity index (χ0v) is 17.2. The van der Waals surface area contributed by atoms with Crippen LogP contribution in [0.25, 0.3) is 16.1 Å². The summed E-state index contributed by atoms with van der Waals surface area (Å²) in [4.78, 5) is 10.7. The molecular weight excluding hydrogens is 444 g/mol. The van der Waals surface area contributed by atoms with Crippen LogP contribution in [0.1, 0.15) is 16.0 Å². The van der Waals surface area contributed by atoms with E-state index < -0.39 is 11.8 Å². The van der Waals surface area contributed by atoms with Crippen LogP contribution in [0.2, 0.25) is 10.0 Å². The Morgan fingerprint density at radius 3 is 2.34 bits per heavy atom. The molecule has 0 saturated heterocycles. The third kappa shape index (κ3) is 3.64. The fraction of sp³-hybridized carbons (Fsp3) is 0.150. The van der Waals surface area contributed by atoms with E-state index in [1.165, 1.54) is 29.5 Å². The van der Waals surface area contributed by atoms with Gasteiger partial charge in [0.1, 0.15) is 0 Å². The Balaban J connectivity index is 1.81. The van der Waals surface area contributed by atoms with Gasteiger partial charge >= 0.3 is 6.18 Å². The van der Waals surface area contributed by atoms with E-state index in [4.69, 9.17) is 28.0 Å². The van der Waals surface area contributed by atoms with Gasteiger partial charge in [-0.3, -0.25) is 15.3 Å². The number of nitrogens with one attached hydrogen (secondary N) is 1. The first-order valence-corrected chi connectivity index (χ1v) is 9.98. The van der Waals surface area contributed by atoms with Crippen LogP contribution in [0.4, 0.5) is 13.2 Å². The molecule has 2 aromatic heterocycles. The Hall–Kier alpha value is -2.06. The van der Waals surface area contributed by atoms with E-state index in [1.807, 2.05) is 25.1 Å². The molecule has 4 rings (SSSR count). The molecule has 1 N–H and O–H groups in total. The van der Waals surface area contributed by atoms with Crippen LogP contribution >= 0.6 is 34.5 Å². The second-order valence-electron chi connectivity index (χ2n) is 6.51. The van der Waals surface area contributed by atoms with Crippen LogP contribution in [0.5, 0.6) is 0 Å². The maximum Gasteiger partial charge on any atom is 0.428 e. The van der Waals surface area contributed by atoms with Gasteiger partial charge in [-0.05, 0) is 60.5 Å². The lowest BCUT2D eigenvalue weighted by Gasteiger charge is -2.28. The van der Waals surface area contributed by atoms with Gasteiger partial charge < -0.3 is 0 Å². The molecular formula is C20H13Cl2F3N2OS. The molecule has 9 heteroatoms. The number of benzene rings is 1. The van der Waals surface area contributed by atoms with Gasteiger partial charge in [0.05, 0.1) is 10.6 Å². The number of aromatic nitrogens is 1. The number of hydroxylamine groups is 1. The lowest BCUT2D eigenvalue weighted by atomic mass is 9.92. The summed E-state index contributed by atoms with van der Waals surface area (Å²) in [6.07, 6.45) is -0.379. The van der Waals surface area contributed by atoms with Gasteiger partial charge in [-0.2, -0.15) is 13.2 Å². The molecule has 0 amide bonds. The molecule has 150 valence electrons. The first-order valence-electron chi connectivity index (χ1n) is 8.41. The number of rotatable bonds is 3. The van der Waals surface area contributed by atoms with E-state index >= 15 is 0 Å². The molecule has 29 heavy (non-hydrogen) atoms. The average Bonchev–Trinajstić information content (AvgIpc) is 3.26. The number of alkyl halides is 3. The molecule has 1 unspecified atom stereocenters. The Bertz CT molecular complexity index is 1080. The number of nitrogens with zero attached hydrogens (tertiary/aromatic N) is 1. The van der Waals surface area contributed by atoms with Gasteiger partial charge in [-0.1, -0.05) is 23.2 Å². The third-order valence-electron chi connectivity index (χ3n) is 4.51. The molecule has 0 aliphatic carbocycles. The van der Waals surface area contributed by atoms with E-state index in [2.05, 4.69) is 10.5 Å². The molecule has 0 fully saturated rings. The fourth-order valence-electron chi connectivity index (χ4n) is 3.14. The summed E-state index contributed by atoms with van der Waals surface area (Å²) < 4.78 is 42.3. The number of hydrogen-bond acceptors (Lipinski definition) is 4. The summed E-state index contributed by atoms with van der Waals surface area (Å²) in [5.41, 5.74) is 1.66. The standard InChI is InChI=1S/C20H13Cl2F3N2OS/c1-11-6-17(29-18(11)12-2-4-26-5-3-12)16-10-19(28-27-16,20(23,24)25)13-7-14(21)9-15(22)8-13/h2-10,27H,1H3. The highest BCUT2D eigenvalue weighted by Crippen LogP contribution is 2.49. The fourth-order valence-corrected chi connectivity index (χ4v) is 4.80. The molecule has 3 aromatic rings. The highest BCUT2D eigenvalue weighted by molar-refractivity contribution is 7.16. The topological polar surface area (TPSA) is 34.1 Å². The Morgan fingerprint density at radius 1 is 1.07 bits per heavy atom. The molecule has 0 saturated carbocycles. The summed E-state index contributed by atoms with van der Waals surface area (Å²) in [6, 6.07) is 9.29. The normalized spacial score (nSPS) is 19.2. The van der Waals surface area contributed by atoms with Crippen LogP contribution in [0, 0.1) is 6.92 Å². The average molecular weight is 457 g/mol. The van der Waals surface area contributed by atoms with E-state index in [9.17, 15) is 13.2 Å². The quantitative estimate of drug-likeness (QED) is 0.472. The SMILES string of the molecule is Cc1cc(C2=CC(c3cc(Cl)cc(Cl)c3)(C(F)(F)F)ON2)sc1-c1ccncc1. The molecule has 3 nitrogen and oxygen atoms in total. The van der Waals surface area contributed by atoms with Gasteiger partial charge in [-0.15, -0.1) is 11.3 Å². The van der Waals surface area contributed by atoms with Crippen molar-refractivity contribution in [3.8, 4) is 10.4 Å². The minimum atomic E-state index is -4.74. The number of hydrogen-bond donors (Lipinski definition) is 1. The van der Waals surface area contributed by atoms with Gasteiger partial charge in [0.25, 0.3) is 0 Å². The molecule has 0 bridgehead atoms. The number of pyridine rings is 1. The zero-order chi connectivity index (χ0) is 20.8. The van der Waals surface area contributed by atoms with Crippen molar-refractivity contribution < 1.29 is 18.0 Å². The maximum atomic E-state index is 14.1. The van der Waals surface area contributed by atoms with E-state index in [0.717, 1.165) is 22.1 Å². The predicted octanol–water partition coefficient (Wildman–Crippen LogP) is 6.76. The van der Waals surface area contributed by atoms with Crippen molar-refractivity contribution in [3.63, 3.8) is 0 Å². The first kappa shape index (κ1) is 20.2. The number of thiophene rings is 1. The van der Waals surface area contributed by atoms with E-state index in [-0.39, 0.29) is 21.3 Å². The molecule has 1 aliphatic rings. The van der Waals surface area contributed by atoms with Crippen molar-refractivity contribution in [2.45, 2.75) is 18.7 Å². The van der Waals surface area contributed by atoms with Crippen molar-refractivity contribution in [2.75, 3.05) is 0 Å². The highest BCUT2D eigenvalue weighted by atomic mass is 35.5. The van der Waals surface area contributed by atoms with Crippen LogP contribution < -0.4 is 5.48 Å². The Labute approximate surface area is 178 Å². The van der Waals surface area contributed by atoms with Crippen molar-refractivity contribution in [1.82, 2.24) is 10.5 Å². The minimum Gasteiger partial charge on any atom is -0.265 e. The number of aryl methyl sites for hydroxylation is 1. The highest BCUT2D eigenvalue weighted by Gasteiger charge is 2.59. The lowest BCUT2D eigenvalue weighted by molar-refractivity contribution is -0.269. The largest absolute Gasteiger partial charge is 0.428 e. The second-order valence-corrected chi connectivity index (χ2v) is 8.44. The number of halogens is 5. The molecule has 1 aromatic carbocycles. The van der Waals surface area contributed by atoms with Gasteiger partial charge in [0.2, 0.25) is 5.60 Å². The summed E-state index contributed by atoms with van der Waals surface area (Å²) in [7, 11) is 0. The summed E-state index contributed by atoms with van der Waals surface area (Å²) in [6.45, 7) is 1.90. The van der Waals surface area contributed by atoms with Gasteiger partial charge in [0, 0.05) is 32.9 Å². The van der Waals surface area contributed by atoms with Crippen LogP contribution in [-0.2, 0) is 10.4 Å². The van der Waals surface area contributed by atoms with Crippen LogP contribution in [-0.4, -0.2) is 11.2 Å². The van der Waals surface area contributed by atoms with Crippen molar-refractivity contribution in [3.05, 3.63) is 80.9 Å². The Morgan fingerprint density at radius 2 is 1.72 bits per heavy atom. The second kappa shape index (κ2) is 7.32. The first-order chi connectivity index (χ1) is 13.7. The summed E-state index contributed by atoms with van der Waals surface area (Å²) >= 11 is 13.2. The molecule has 0 spiro atoms. The van der Waals surface area contributed by atoms with Crippen molar-refractivity contribution in [1.29, 1.82) is 0 Å². The maximum absolute atomic E-state index is 14.1. The Kier molecular flexibility index (Phi) is 5.11. The summed E-state index contributed by atoms with van der Waals surface area (Å²) in [5.74, 6) is 0. The van der Waals surface area contributed by atoms with Crippen LogP contribution in [0.15, 0.2) is 54.9 Å². The summed E-state index contributed by atoms with van der Waals surface area (Å²) in [5, 5.41) is 0.182. The molecule has 1 atom stereocenters. The van der Waals surface area contributed by atoms with E-state index in [0.29, 0.717) is 4.88 Å². The smallest absolute Gasteiger partial charge is 0.265 e. The van der Waals surface area contributed by atoms with Crippen molar-refractivity contribution in [2.24, 2.45) is 0 Å². The van der Waals surface area contributed by atoms with E-state index in [1.54, 1.807) is 12.4 Å². The minimum absolute atomic E-state index is 0.0912. The molecule has 0 radical (unpaired) electrons. The van der Waals surface area contributed by atoms with Crippen molar-refractivity contribution >= 4 is 40.2 Å². The molecule has 1 aliphatic heterocycles. The third-order valence-corrected chi connectivity index (χ3v) is 6.26. The lowest BCUT2D eigenvalue weighted by Crippen LogP contribution is -2.42. The monoisotopic (exact) mass is 456 g/mol. The zero-order valence-electron chi connectivity index (χ0n) is 14.8. The predicted molar refractivity (Wildman–Crippen MR) is 109 cm³/mol. The van der Waals surface area contributed by atoms with Gasteiger partial charge in [-0.25, -0.2) is 0 Å².